The summed E-state index contributed by atoms with van der Waals surface area (Å²) in [4.78, 5) is 0. The second-order valence-electron chi connectivity index (χ2n) is 6.44. The molecule has 0 aliphatic carbocycles. The van der Waals surface area contributed by atoms with Crippen molar-refractivity contribution in [2.24, 2.45) is 0 Å². The van der Waals surface area contributed by atoms with Gasteiger partial charge in [0.05, 0.1) is 19.8 Å². The molecule has 3 rings (SSSR count). The van der Waals surface area contributed by atoms with E-state index in [-0.39, 0.29) is 5.92 Å². The van der Waals surface area contributed by atoms with Gasteiger partial charge in [-0.2, -0.15) is 13.2 Å². The van der Waals surface area contributed by atoms with E-state index in [0.29, 0.717) is 22.6 Å². The Bertz CT molecular complexity index is 768. The molecule has 2 aromatic carbocycles. The highest BCUT2D eigenvalue weighted by Crippen LogP contribution is 2.39. The van der Waals surface area contributed by atoms with E-state index in [1.165, 1.54) is 26.4 Å². The largest absolute Gasteiger partial charge is 0.493 e. The molecule has 0 bridgehead atoms. The highest BCUT2D eigenvalue weighted by molar-refractivity contribution is 5.69. The lowest BCUT2D eigenvalue weighted by Gasteiger charge is -2.24. The van der Waals surface area contributed by atoms with Crippen molar-refractivity contribution in [3.05, 3.63) is 47.5 Å². The van der Waals surface area contributed by atoms with Crippen LogP contribution in [0.1, 0.15) is 29.9 Å². The lowest BCUT2D eigenvalue weighted by atomic mass is 9.87. The predicted molar refractivity (Wildman–Crippen MR) is 94.8 cm³/mol. The summed E-state index contributed by atoms with van der Waals surface area (Å²) >= 11 is 0. The molecule has 0 aromatic heterocycles. The number of hydrogen-bond donors (Lipinski definition) is 1. The van der Waals surface area contributed by atoms with Crippen LogP contribution < -0.4 is 14.8 Å². The Morgan fingerprint density at radius 1 is 0.885 bits per heavy atom. The number of ether oxygens (including phenoxy) is 2. The first-order valence-corrected chi connectivity index (χ1v) is 8.57. The van der Waals surface area contributed by atoms with Crippen LogP contribution in [0, 0.1) is 0 Å². The fourth-order valence-corrected chi connectivity index (χ4v) is 3.39. The quantitative estimate of drug-likeness (QED) is 0.840. The fourth-order valence-electron chi connectivity index (χ4n) is 3.39. The Balaban J connectivity index is 2.08. The molecule has 1 saturated heterocycles. The number of halogens is 3. The number of methoxy groups -OCH3 is 2. The molecular weight excluding hydrogens is 343 g/mol. The van der Waals surface area contributed by atoms with Crippen LogP contribution in [0.2, 0.25) is 0 Å². The minimum absolute atomic E-state index is 0.137. The monoisotopic (exact) mass is 365 g/mol. The standard InChI is InChI=1S/C20H22F3NO2/c1-25-18-4-3-14(12-19(18)26-2)16-9-15(13-5-7-24-8-6-13)10-17(11-16)20(21,22)23/h3-4,9-13,24H,5-8H2,1-2H3. The van der Waals surface area contributed by atoms with Crippen LogP contribution in [0.15, 0.2) is 36.4 Å². The van der Waals surface area contributed by atoms with Crippen molar-refractivity contribution >= 4 is 0 Å². The summed E-state index contributed by atoms with van der Waals surface area (Å²) in [7, 11) is 3.03. The Labute approximate surface area is 151 Å². The molecule has 26 heavy (non-hydrogen) atoms. The summed E-state index contributed by atoms with van der Waals surface area (Å²) in [6, 6.07) is 9.53. The molecule has 6 heteroatoms. The van der Waals surface area contributed by atoms with E-state index in [4.69, 9.17) is 9.47 Å². The van der Waals surface area contributed by atoms with Crippen LogP contribution in [0.5, 0.6) is 11.5 Å². The van der Waals surface area contributed by atoms with E-state index < -0.39 is 11.7 Å². The molecule has 0 saturated carbocycles. The van der Waals surface area contributed by atoms with Crippen LogP contribution in [0.3, 0.4) is 0 Å². The van der Waals surface area contributed by atoms with Gasteiger partial charge in [0, 0.05) is 0 Å². The third-order valence-electron chi connectivity index (χ3n) is 4.81. The maximum absolute atomic E-state index is 13.4. The van der Waals surface area contributed by atoms with Gasteiger partial charge in [0.25, 0.3) is 0 Å². The smallest absolute Gasteiger partial charge is 0.416 e. The molecular formula is C20H22F3NO2. The number of nitrogens with one attached hydrogen (secondary N) is 1. The van der Waals surface area contributed by atoms with Crippen molar-refractivity contribution in [3.63, 3.8) is 0 Å². The van der Waals surface area contributed by atoms with E-state index in [1.807, 2.05) is 6.07 Å². The summed E-state index contributed by atoms with van der Waals surface area (Å²) in [5.41, 5.74) is 1.34. The first-order valence-electron chi connectivity index (χ1n) is 8.57. The molecule has 0 amide bonds. The first kappa shape index (κ1) is 18.6. The van der Waals surface area contributed by atoms with Gasteiger partial charge in [-0.25, -0.2) is 0 Å². The second kappa shape index (κ2) is 7.58. The minimum atomic E-state index is -4.38. The van der Waals surface area contributed by atoms with Crippen molar-refractivity contribution in [1.29, 1.82) is 0 Å². The third kappa shape index (κ3) is 3.96. The Hall–Kier alpha value is -2.21. The van der Waals surface area contributed by atoms with Crippen molar-refractivity contribution in [2.75, 3.05) is 27.3 Å². The molecule has 0 spiro atoms. The normalized spacial score (nSPS) is 15.7. The zero-order valence-corrected chi connectivity index (χ0v) is 14.8. The molecule has 2 aromatic rings. The van der Waals surface area contributed by atoms with E-state index in [2.05, 4.69) is 5.32 Å². The zero-order chi connectivity index (χ0) is 18.7. The Morgan fingerprint density at radius 2 is 1.58 bits per heavy atom. The molecule has 1 aliphatic rings. The molecule has 1 aliphatic heterocycles. The third-order valence-corrected chi connectivity index (χ3v) is 4.81. The van der Waals surface area contributed by atoms with Crippen molar-refractivity contribution < 1.29 is 22.6 Å². The van der Waals surface area contributed by atoms with Crippen LogP contribution in [-0.4, -0.2) is 27.3 Å². The summed E-state index contributed by atoms with van der Waals surface area (Å²) < 4.78 is 50.8. The summed E-state index contributed by atoms with van der Waals surface area (Å²) in [5.74, 6) is 1.17. The van der Waals surface area contributed by atoms with Gasteiger partial charge < -0.3 is 14.8 Å². The average molecular weight is 365 g/mol. The van der Waals surface area contributed by atoms with Gasteiger partial charge >= 0.3 is 6.18 Å². The predicted octanol–water partition coefficient (Wildman–Crippen LogP) is 4.86. The van der Waals surface area contributed by atoms with Crippen molar-refractivity contribution in [1.82, 2.24) is 5.32 Å². The molecule has 140 valence electrons. The maximum Gasteiger partial charge on any atom is 0.416 e. The topological polar surface area (TPSA) is 30.5 Å². The number of rotatable bonds is 4. The summed E-state index contributed by atoms with van der Waals surface area (Å²) in [6.45, 7) is 1.65. The van der Waals surface area contributed by atoms with Crippen LogP contribution in [-0.2, 0) is 6.18 Å². The zero-order valence-electron chi connectivity index (χ0n) is 14.8. The lowest BCUT2D eigenvalue weighted by Crippen LogP contribution is -2.26. The molecule has 3 nitrogen and oxygen atoms in total. The van der Waals surface area contributed by atoms with Gasteiger partial charge in [-0.15, -0.1) is 0 Å². The van der Waals surface area contributed by atoms with Crippen LogP contribution in [0.4, 0.5) is 13.2 Å². The van der Waals surface area contributed by atoms with E-state index >= 15 is 0 Å². The number of alkyl halides is 3. The summed E-state index contributed by atoms with van der Waals surface area (Å²) in [6.07, 6.45) is -2.70. The van der Waals surface area contributed by atoms with E-state index in [9.17, 15) is 13.2 Å². The SMILES string of the molecule is COc1ccc(-c2cc(C3CCNCC3)cc(C(F)(F)F)c2)cc1OC. The Kier molecular flexibility index (Phi) is 5.41. The van der Waals surface area contributed by atoms with Gasteiger partial charge in [-0.05, 0) is 72.8 Å². The first-order chi connectivity index (χ1) is 12.4. The summed E-state index contributed by atoms with van der Waals surface area (Å²) in [5, 5.41) is 3.25. The van der Waals surface area contributed by atoms with Crippen LogP contribution >= 0.6 is 0 Å². The average Bonchev–Trinajstić information content (AvgIpc) is 2.67. The van der Waals surface area contributed by atoms with Gasteiger partial charge in [-0.1, -0.05) is 12.1 Å². The van der Waals surface area contributed by atoms with E-state index in [0.717, 1.165) is 31.5 Å². The van der Waals surface area contributed by atoms with Gasteiger partial charge in [-0.3, -0.25) is 0 Å². The van der Waals surface area contributed by atoms with Gasteiger partial charge in [0.1, 0.15) is 0 Å². The van der Waals surface area contributed by atoms with Gasteiger partial charge in [0.2, 0.25) is 0 Å². The van der Waals surface area contributed by atoms with Gasteiger partial charge in [0.15, 0.2) is 11.5 Å². The molecule has 0 unspecified atom stereocenters. The fraction of sp³-hybridized carbons (Fsp3) is 0.400. The highest BCUT2D eigenvalue weighted by Gasteiger charge is 2.32. The van der Waals surface area contributed by atoms with E-state index in [1.54, 1.807) is 18.2 Å². The highest BCUT2D eigenvalue weighted by atomic mass is 19.4. The molecule has 1 N–H and O–H groups in total. The number of benzene rings is 2. The molecule has 0 atom stereocenters. The number of hydrogen-bond acceptors (Lipinski definition) is 3. The molecule has 0 radical (unpaired) electrons. The number of piperidine rings is 1. The van der Waals surface area contributed by atoms with Crippen LogP contribution in [0.25, 0.3) is 11.1 Å². The van der Waals surface area contributed by atoms with Crippen molar-refractivity contribution in [2.45, 2.75) is 24.9 Å². The molecule has 1 fully saturated rings. The maximum atomic E-state index is 13.4. The molecule has 1 heterocycles. The lowest BCUT2D eigenvalue weighted by molar-refractivity contribution is -0.137. The van der Waals surface area contributed by atoms with Crippen molar-refractivity contribution in [3.8, 4) is 22.6 Å². The Morgan fingerprint density at radius 3 is 2.19 bits per heavy atom. The minimum Gasteiger partial charge on any atom is -0.493 e. The second-order valence-corrected chi connectivity index (χ2v) is 6.44.